The Morgan fingerprint density at radius 2 is 0.818 bits per heavy atom. The van der Waals surface area contributed by atoms with Crippen molar-refractivity contribution in [3.63, 3.8) is 0 Å². The van der Waals surface area contributed by atoms with E-state index in [-0.39, 0.29) is 0 Å². The van der Waals surface area contributed by atoms with Gasteiger partial charge in [-0.05, 0) is 13.0 Å². The Hall–Kier alpha value is -2.13. The van der Waals surface area contributed by atoms with Gasteiger partial charge in [-0.2, -0.15) is 101 Å². The fourth-order valence-corrected chi connectivity index (χ4v) is 3.09. The monoisotopic (exact) mass is 728 g/mol. The number of halogens is 21. The summed E-state index contributed by atoms with van der Waals surface area (Å²) in [6, 6.07) is 0. The zero-order chi connectivity index (χ0) is 36.0. The van der Waals surface area contributed by atoms with Crippen LogP contribution in [0.1, 0.15) is 6.42 Å². The number of carbonyl (C=O) groups is 1. The number of hydrogen-bond donors (Lipinski definition) is 3. The largest absolute Gasteiger partial charge is 0.460 e. The molecule has 0 saturated carbocycles. The molecule has 0 aliphatic heterocycles. The molecule has 0 fully saturated rings. The third-order valence-electron chi connectivity index (χ3n) is 5.14. The third kappa shape index (κ3) is 6.55. The molecule has 44 heavy (non-hydrogen) atoms. The molecule has 0 saturated heterocycles. The Bertz CT molecular complexity index is 1140. The van der Waals surface area contributed by atoms with E-state index in [2.05, 4.69) is 0 Å². The van der Waals surface area contributed by atoms with E-state index in [4.69, 9.17) is 4.55 Å². The number of rotatable bonds is 16. The number of nitrogens with one attached hydrogen (secondary N) is 2. The summed E-state index contributed by atoms with van der Waals surface area (Å²) in [5.41, 5.74) is 0. The molecule has 0 bridgehead atoms. The van der Waals surface area contributed by atoms with Crippen LogP contribution in [0.15, 0.2) is 0 Å². The summed E-state index contributed by atoms with van der Waals surface area (Å²) >= 11 is 0. The van der Waals surface area contributed by atoms with Crippen molar-refractivity contribution in [2.45, 2.75) is 65.9 Å². The van der Waals surface area contributed by atoms with Gasteiger partial charge in [0.15, 0.2) is 0 Å². The van der Waals surface area contributed by atoms with E-state index < -0.39 is 107 Å². The van der Waals surface area contributed by atoms with Gasteiger partial charge in [0.2, 0.25) is 0 Å². The highest BCUT2D eigenvalue weighted by Crippen LogP contribution is 2.66. The van der Waals surface area contributed by atoms with Gasteiger partial charge in [-0.3, -0.25) is 9.35 Å². The third-order valence-corrected chi connectivity index (χ3v) is 5.94. The van der Waals surface area contributed by atoms with Crippen molar-refractivity contribution < 1.29 is 110 Å². The summed E-state index contributed by atoms with van der Waals surface area (Å²) in [5, 5.41) is 2.59. The first kappa shape index (κ1) is 41.9. The maximum absolute atomic E-state index is 13.8. The Kier molecular flexibility index (Phi) is 11.3. The van der Waals surface area contributed by atoms with Crippen LogP contribution in [0.5, 0.6) is 0 Å². The van der Waals surface area contributed by atoms with Gasteiger partial charge in [-0.15, -0.1) is 0 Å². The predicted octanol–water partition coefficient (Wildman–Crippen LogP) is 5.25. The summed E-state index contributed by atoms with van der Waals surface area (Å²) in [7, 11) is -4.52. The van der Waals surface area contributed by atoms with Crippen molar-refractivity contribution in [3.05, 3.63) is 0 Å². The normalized spacial score (nSPS) is 15.9. The second-order valence-electron chi connectivity index (χ2n) is 8.31. The van der Waals surface area contributed by atoms with Crippen LogP contribution in [-0.4, -0.2) is 104 Å². The molecule has 0 unspecified atom stereocenters. The second kappa shape index (κ2) is 11.9. The van der Waals surface area contributed by atoms with Gasteiger partial charge in [0.1, 0.15) is 0 Å². The highest BCUT2D eigenvalue weighted by atomic mass is 32.2. The van der Waals surface area contributed by atoms with Crippen LogP contribution in [0.4, 0.5) is 92.2 Å². The van der Waals surface area contributed by atoms with Crippen LogP contribution < -0.4 is 10.6 Å². The minimum absolute atomic E-state index is 0.458. The van der Waals surface area contributed by atoms with Crippen LogP contribution in [0, 0.1) is 0 Å². The minimum atomic E-state index is -9.31. The predicted molar refractivity (Wildman–Crippen MR) is 97.5 cm³/mol. The first-order valence-corrected chi connectivity index (χ1v) is 11.9. The van der Waals surface area contributed by atoms with E-state index in [0.29, 0.717) is 5.32 Å². The summed E-state index contributed by atoms with van der Waals surface area (Å²) in [4.78, 5) is 11.2. The first-order valence-electron chi connectivity index (χ1n) is 10.3. The molecule has 0 aliphatic rings. The first-order chi connectivity index (χ1) is 18.9. The Morgan fingerprint density at radius 3 is 1.14 bits per heavy atom. The van der Waals surface area contributed by atoms with Crippen LogP contribution in [-0.2, 0) is 14.9 Å². The number of alkyl halides is 21. The summed E-state index contributed by atoms with van der Waals surface area (Å²) in [5.74, 6) is -83.9. The molecule has 0 aliphatic carbocycles. The van der Waals surface area contributed by atoms with E-state index in [0.717, 1.165) is 0 Å². The molecule has 0 aromatic carbocycles. The Balaban J connectivity index is 6.38. The zero-order valence-electron chi connectivity index (χ0n) is 20.1. The quantitative estimate of drug-likeness (QED) is 0.115. The van der Waals surface area contributed by atoms with Crippen LogP contribution in [0.25, 0.3) is 0 Å². The van der Waals surface area contributed by atoms with Gasteiger partial charge in [0.05, 0.1) is 5.75 Å². The summed E-state index contributed by atoms with van der Waals surface area (Å²) < 4.78 is 309. The highest BCUT2D eigenvalue weighted by Gasteiger charge is 2.98. The fraction of sp³-hybridized carbons (Fsp3) is 0.938. The molecule has 0 aromatic heterocycles. The minimum Gasteiger partial charge on any atom is -0.349 e. The molecule has 28 heteroatoms. The summed E-state index contributed by atoms with van der Waals surface area (Å²) in [6.07, 6.45) is -8.53. The van der Waals surface area contributed by atoms with Crippen molar-refractivity contribution in [2.75, 3.05) is 25.4 Å². The van der Waals surface area contributed by atoms with Crippen molar-refractivity contribution in [3.8, 4) is 0 Å². The number of hydrogen-bond acceptors (Lipinski definition) is 4. The van der Waals surface area contributed by atoms with Gasteiger partial charge in [-0.25, -0.2) is 0 Å². The second-order valence-corrected chi connectivity index (χ2v) is 9.88. The van der Waals surface area contributed by atoms with Crippen molar-refractivity contribution >= 4 is 16.0 Å². The van der Waals surface area contributed by atoms with E-state index >= 15 is 0 Å². The molecular formula is C16H13F21N2O4S. The van der Waals surface area contributed by atoms with E-state index in [1.54, 1.807) is 0 Å². The lowest BCUT2D eigenvalue weighted by Crippen LogP contribution is -2.77. The highest BCUT2D eigenvalue weighted by molar-refractivity contribution is 7.85. The zero-order valence-corrected chi connectivity index (χ0v) is 20.9. The Morgan fingerprint density at radius 1 is 0.500 bits per heavy atom. The molecule has 0 rings (SSSR count). The van der Waals surface area contributed by atoms with Crippen LogP contribution in [0.3, 0.4) is 0 Å². The molecular weight excluding hydrogens is 715 g/mol. The van der Waals surface area contributed by atoms with E-state index in [9.17, 15) is 105 Å². The SMILES string of the molecule is O=C(NCCNCCCS(=O)(=O)O)C(F)(F)C(F)(F)C(F)(F)C(F)(F)C(F)(F)C(F)(F)C(F)(F)C(F)(F)C(F)(F)C(F)(F)F. The topological polar surface area (TPSA) is 95.5 Å². The molecule has 6 nitrogen and oxygen atoms in total. The molecule has 0 atom stereocenters. The maximum atomic E-state index is 13.8. The molecule has 264 valence electrons. The maximum Gasteiger partial charge on any atom is 0.460 e. The van der Waals surface area contributed by atoms with Crippen molar-refractivity contribution in [1.29, 1.82) is 0 Å². The molecule has 1 amide bonds. The van der Waals surface area contributed by atoms with Crippen LogP contribution >= 0.6 is 0 Å². The lowest BCUT2D eigenvalue weighted by Gasteiger charge is -2.44. The average Bonchev–Trinajstić information content (AvgIpc) is 2.80. The van der Waals surface area contributed by atoms with Gasteiger partial charge < -0.3 is 10.6 Å². The average molecular weight is 728 g/mol. The van der Waals surface area contributed by atoms with Gasteiger partial charge in [0, 0.05) is 13.1 Å². The van der Waals surface area contributed by atoms with E-state index in [1.807, 2.05) is 5.32 Å². The Labute approximate surface area is 229 Å². The number of amides is 1. The lowest BCUT2D eigenvalue weighted by molar-refractivity contribution is -0.472. The molecule has 0 heterocycles. The van der Waals surface area contributed by atoms with Gasteiger partial charge in [-0.1, -0.05) is 0 Å². The standard InChI is InChI=1S/C16H13F21N2O4S/c17-7(18,6(40)39-4-3-38-2-1-5-44(41,42)43)8(19,20)9(21,22)10(23,24)11(25,26)12(27,28)13(29,30)14(31,32)15(33,34)16(35,36)37/h38H,1-5H2,(H,39,40)(H,41,42,43). The van der Waals surface area contributed by atoms with Crippen molar-refractivity contribution in [2.24, 2.45) is 0 Å². The molecule has 0 spiro atoms. The lowest BCUT2D eigenvalue weighted by atomic mass is 9.86. The van der Waals surface area contributed by atoms with Gasteiger partial charge >= 0.3 is 59.5 Å². The number of carbonyl (C=O) groups excluding carboxylic acids is 1. The smallest absolute Gasteiger partial charge is 0.349 e. The van der Waals surface area contributed by atoms with Gasteiger partial charge in [0.25, 0.3) is 16.0 Å². The summed E-state index contributed by atoms with van der Waals surface area (Å²) in [6.45, 7) is -2.79. The van der Waals surface area contributed by atoms with Crippen LogP contribution in [0.2, 0.25) is 0 Å². The van der Waals surface area contributed by atoms with Crippen molar-refractivity contribution in [1.82, 2.24) is 10.6 Å². The molecule has 0 aromatic rings. The molecule has 0 radical (unpaired) electrons. The van der Waals surface area contributed by atoms with E-state index in [1.165, 1.54) is 0 Å². The molecule has 3 N–H and O–H groups in total. The fourth-order valence-electron chi connectivity index (χ4n) is 2.58.